The van der Waals surface area contributed by atoms with E-state index in [1.54, 1.807) is 0 Å². The molecule has 0 spiro atoms. The molecule has 0 aromatic heterocycles. The first-order chi connectivity index (χ1) is 16.7. The third-order valence-electron chi connectivity index (χ3n) is 6.22. The maximum Gasteiger partial charge on any atom is 0.169 e. The van der Waals surface area contributed by atoms with Crippen LogP contribution in [-0.2, 0) is 0 Å². The molecule has 2 heteroatoms. The Balaban J connectivity index is 1.71. The lowest BCUT2D eigenvalue weighted by Crippen LogP contribution is -2.22. The van der Waals surface area contributed by atoms with Crippen LogP contribution in [0.25, 0.3) is 22.3 Å². The van der Waals surface area contributed by atoms with Crippen molar-refractivity contribution in [2.75, 3.05) is 4.90 Å². The van der Waals surface area contributed by atoms with E-state index < -0.39 is 0 Å². The Labute approximate surface area is 203 Å². The van der Waals surface area contributed by atoms with Gasteiger partial charge in [0, 0.05) is 17.1 Å². The number of para-hydroxylation sites is 1. The number of nitrogens with zero attached hydrogens (tertiary/aromatic N) is 1. The summed E-state index contributed by atoms with van der Waals surface area (Å²) in [7, 11) is 0. The van der Waals surface area contributed by atoms with Crippen molar-refractivity contribution < 1.29 is 0 Å². The second-order valence-corrected chi connectivity index (χ2v) is 8.92. The Morgan fingerprint density at radius 3 is 1.32 bits per heavy atom. The molecular formula is C32H28BN. The molecule has 0 aliphatic rings. The first kappa shape index (κ1) is 21.8. The molecule has 0 aliphatic heterocycles. The van der Waals surface area contributed by atoms with E-state index in [0.29, 0.717) is 6.71 Å². The maximum atomic E-state index is 2.35. The van der Waals surface area contributed by atoms with Gasteiger partial charge in [0.25, 0.3) is 0 Å². The smallest absolute Gasteiger partial charge is 0.169 e. The largest absolute Gasteiger partial charge is 0.310 e. The van der Waals surface area contributed by atoms with Crippen LogP contribution < -0.4 is 10.4 Å². The van der Waals surface area contributed by atoms with E-state index in [2.05, 4.69) is 152 Å². The molecule has 1 nitrogen and oxygen atoms in total. The van der Waals surface area contributed by atoms with E-state index in [0.717, 1.165) is 17.1 Å². The van der Waals surface area contributed by atoms with Gasteiger partial charge in [0.15, 0.2) is 6.71 Å². The van der Waals surface area contributed by atoms with Gasteiger partial charge in [-0.3, -0.25) is 0 Å². The summed E-state index contributed by atoms with van der Waals surface area (Å²) in [5.41, 5.74) is 9.62. The number of hydrogen-bond acceptors (Lipinski definition) is 1. The molecular weight excluding hydrogens is 409 g/mol. The topological polar surface area (TPSA) is 3.24 Å². The summed E-state index contributed by atoms with van der Waals surface area (Å²) in [5.74, 6) is 0. The van der Waals surface area contributed by atoms with E-state index in [1.807, 2.05) is 0 Å². The number of rotatable bonds is 6. The van der Waals surface area contributed by atoms with E-state index >= 15 is 0 Å². The molecule has 0 bridgehead atoms. The molecule has 5 aromatic rings. The second-order valence-electron chi connectivity index (χ2n) is 8.92. The molecule has 0 saturated heterocycles. The van der Waals surface area contributed by atoms with Crippen LogP contribution in [0.4, 0.5) is 17.1 Å². The van der Waals surface area contributed by atoms with Crippen LogP contribution in [0.1, 0.15) is 0 Å². The van der Waals surface area contributed by atoms with Crippen LogP contribution >= 0.6 is 0 Å². The van der Waals surface area contributed by atoms with Gasteiger partial charge in [-0.15, -0.1) is 0 Å². The van der Waals surface area contributed by atoms with Gasteiger partial charge in [-0.1, -0.05) is 110 Å². The molecule has 0 N–H and O–H groups in total. The van der Waals surface area contributed by atoms with E-state index in [1.165, 1.54) is 27.7 Å². The number of anilines is 3. The molecule has 164 valence electrons. The summed E-state index contributed by atoms with van der Waals surface area (Å²) in [6.45, 7) is 4.98. The average Bonchev–Trinajstić information content (AvgIpc) is 2.91. The van der Waals surface area contributed by atoms with E-state index in [4.69, 9.17) is 0 Å². The fourth-order valence-electron chi connectivity index (χ4n) is 4.37. The standard InChI is InChI=1S/C32H28BN/c1-33(2)29-18-20-31(21-19-29)34(30-16-10-5-11-17-30)32-23-27(25-12-6-3-7-13-25)22-28(24-32)26-14-8-4-9-15-26/h3-24H,1-2H3. The predicted octanol–water partition coefficient (Wildman–Crippen LogP) is 8.45. The SMILES string of the molecule is CB(C)c1ccc(N(c2ccccc2)c2cc(-c3ccccc3)cc(-c3ccccc3)c2)cc1. The average molecular weight is 437 g/mol. The van der Waals surface area contributed by atoms with Crippen molar-refractivity contribution in [2.24, 2.45) is 0 Å². The zero-order valence-electron chi connectivity index (χ0n) is 19.7. The van der Waals surface area contributed by atoms with Crippen molar-refractivity contribution >= 4 is 29.2 Å². The molecule has 5 rings (SSSR count). The summed E-state index contributed by atoms with van der Waals surface area (Å²) in [4.78, 5) is 2.35. The fraction of sp³-hybridized carbons (Fsp3) is 0.0625. The molecule has 0 fully saturated rings. The second kappa shape index (κ2) is 9.85. The van der Waals surface area contributed by atoms with Crippen LogP contribution in [0.15, 0.2) is 133 Å². The lowest BCUT2D eigenvalue weighted by molar-refractivity contribution is 1.28. The van der Waals surface area contributed by atoms with Crippen molar-refractivity contribution in [3.8, 4) is 22.3 Å². The van der Waals surface area contributed by atoms with Crippen LogP contribution in [0.3, 0.4) is 0 Å². The molecule has 0 atom stereocenters. The third kappa shape index (κ3) is 4.67. The summed E-state index contributed by atoms with van der Waals surface area (Å²) >= 11 is 0. The van der Waals surface area contributed by atoms with Gasteiger partial charge in [0.05, 0.1) is 0 Å². The monoisotopic (exact) mass is 437 g/mol. The lowest BCUT2D eigenvalue weighted by atomic mass is 9.49. The highest BCUT2D eigenvalue weighted by molar-refractivity contribution is 6.70. The molecule has 34 heavy (non-hydrogen) atoms. The van der Waals surface area contributed by atoms with Gasteiger partial charge in [-0.2, -0.15) is 0 Å². The van der Waals surface area contributed by atoms with Crippen molar-refractivity contribution in [3.63, 3.8) is 0 Å². The van der Waals surface area contributed by atoms with Crippen molar-refractivity contribution in [1.29, 1.82) is 0 Å². The molecule has 0 unspecified atom stereocenters. The van der Waals surface area contributed by atoms with Gasteiger partial charge >= 0.3 is 0 Å². The Morgan fingerprint density at radius 2 is 0.853 bits per heavy atom. The summed E-state index contributed by atoms with van der Waals surface area (Å²) < 4.78 is 0. The molecule has 0 aliphatic carbocycles. The van der Waals surface area contributed by atoms with Crippen LogP contribution in [-0.4, -0.2) is 6.71 Å². The highest BCUT2D eigenvalue weighted by Crippen LogP contribution is 2.39. The minimum Gasteiger partial charge on any atom is -0.310 e. The third-order valence-corrected chi connectivity index (χ3v) is 6.22. The number of benzene rings is 5. The Morgan fingerprint density at radius 1 is 0.412 bits per heavy atom. The van der Waals surface area contributed by atoms with Gasteiger partial charge in [-0.05, 0) is 64.7 Å². The Bertz CT molecular complexity index is 1290. The van der Waals surface area contributed by atoms with Crippen molar-refractivity contribution in [1.82, 2.24) is 0 Å². The van der Waals surface area contributed by atoms with Gasteiger partial charge < -0.3 is 4.90 Å². The first-order valence-electron chi connectivity index (χ1n) is 11.9. The molecule has 0 saturated carbocycles. The molecule has 5 aromatic carbocycles. The minimum atomic E-state index is 0.505. The predicted molar refractivity (Wildman–Crippen MR) is 149 cm³/mol. The quantitative estimate of drug-likeness (QED) is 0.241. The van der Waals surface area contributed by atoms with Crippen molar-refractivity contribution in [2.45, 2.75) is 13.6 Å². The number of hydrogen-bond donors (Lipinski definition) is 0. The maximum absolute atomic E-state index is 2.35. The zero-order chi connectivity index (χ0) is 23.3. The molecule has 0 radical (unpaired) electrons. The Hall–Kier alpha value is -4.04. The first-order valence-corrected chi connectivity index (χ1v) is 11.9. The van der Waals surface area contributed by atoms with Crippen molar-refractivity contribution in [3.05, 3.63) is 133 Å². The molecule has 0 amide bonds. The fourth-order valence-corrected chi connectivity index (χ4v) is 4.37. The van der Waals surface area contributed by atoms with Crippen LogP contribution in [0.5, 0.6) is 0 Å². The summed E-state index contributed by atoms with van der Waals surface area (Å²) in [6, 6.07) is 47.7. The van der Waals surface area contributed by atoms with E-state index in [-0.39, 0.29) is 0 Å². The summed E-state index contributed by atoms with van der Waals surface area (Å²) in [5, 5.41) is 0. The van der Waals surface area contributed by atoms with Crippen LogP contribution in [0, 0.1) is 0 Å². The lowest BCUT2D eigenvalue weighted by Gasteiger charge is -2.27. The van der Waals surface area contributed by atoms with Crippen LogP contribution in [0.2, 0.25) is 13.6 Å². The van der Waals surface area contributed by atoms with E-state index in [9.17, 15) is 0 Å². The highest BCUT2D eigenvalue weighted by atomic mass is 15.1. The van der Waals surface area contributed by atoms with Gasteiger partial charge in [-0.25, -0.2) is 0 Å². The normalized spacial score (nSPS) is 10.6. The zero-order valence-corrected chi connectivity index (χ0v) is 19.7. The van der Waals surface area contributed by atoms with Gasteiger partial charge in [0.2, 0.25) is 0 Å². The van der Waals surface area contributed by atoms with Gasteiger partial charge in [0.1, 0.15) is 0 Å². The highest BCUT2D eigenvalue weighted by Gasteiger charge is 2.16. The minimum absolute atomic E-state index is 0.505. The molecule has 0 heterocycles. The Kier molecular flexibility index (Phi) is 6.31. The summed E-state index contributed by atoms with van der Waals surface area (Å²) in [6.07, 6.45) is 0.